The molecule has 0 spiro atoms. The number of halogens is 1. The zero-order chi connectivity index (χ0) is 28.2. The molecule has 4 rings (SSSR count). The van der Waals surface area contributed by atoms with Crippen molar-refractivity contribution in [2.75, 3.05) is 67.6 Å². The number of hydrogen-bond acceptors (Lipinski definition) is 7. The van der Waals surface area contributed by atoms with Gasteiger partial charge in [0.05, 0.1) is 28.8 Å². The number of anilines is 3. The van der Waals surface area contributed by atoms with E-state index in [0.29, 0.717) is 74.4 Å². The minimum atomic E-state index is -0.409. The van der Waals surface area contributed by atoms with Gasteiger partial charge >= 0.3 is 0 Å². The molecule has 2 fully saturated rings. The predicted octanol–water partition coefficient (Wildman–Crippen LogP) is 4.43. The molecule has 0 saturated carbocycles. The number of benzene rings is 2. The lowest BCUT2D eigenvalue weighted by molar-refractivity contribution is -0.384. The molecule has 2 amide bonds. The van der Waals surface area contributed by atoms with E-state index >= 15 is 0 Å². The number of hydrogen-bond donors (Lipinski definition) is 1. The predicted molar refractivity (Wildman–Crippen MR) is 153 cm³/mol. The van der Waals surface area contributed by atoms with E-state index in [-0.39, 0.29) is 17.5 Å². The fourth-order valence-electron chi connectivity index (χ4n) is 4.68. The van der Waals surface area contributed by atoms with Gasteiger partial charge in [-0.05, 0) is 35.9 Å². The zero-order valence-corrected chi connectivity index (χ0v) is 23.2. The van der Waals surface area contributed by atoms with Gasteiger partial charge < -0.3 is 24.8 Å². The number of morpholine rings is 1. The number of amides is 2. The maximum Gasteiger partial charge on any atom is 0.293 e. The normalized spacial score (nSPS) is 16.5. The average molecular weight is 556 g/mol. The average Bonchev–Trinajstić information content (AvgIpc) is 2.91. The van der Waals surface area contributed by atoms with E-state index in [2.05, 4.69) is 10.2 Å². The van der Waals surface area contributed by atoms with Crippen molar-refractivity contribution < 1.29 is 19.2 Å². The van der Waals surface area contributed by atoms with Gasteiger partial charge in [-0.25, -0.2) is 0 Å². The standard InChI is InChI=1S/C28H34ClN5O5/c1-28(2,3)27(36)33-12-10-31(11-13-33)23-8-6-21(19-22(23)29)30-26(35)9-5-20-4-7-24(25(18-20)34(37)38)32-14-16-39-17-15-32/h4-9,18-19H,10-17H2,1-3H3,(H,30,35)/b9-5+. The van der Waals surface area contributed by atoms with E-state index in [0.717, 1.165) is 5.69 Å². The van der Waals surface area contributed by atoms with Crippen LogP contribution in [0.4, 0.5) is 22.7 Å². The Kier molecular flexibility index (Phi) is 8.76. The minimum absolute atomic E-state index is 0.00886. The second-order valence-corrected chi connectivity index (χ2v) is 11.0. The lowest BCUT2D eigenvalue weighted by atomic mass is 9.94. The molecule has 11 heteroatoms. The number of rotatable bonds is 6. The maximum atomic E-state index is 12.6. The molecule has 2 saturated heterocycles. The molecule has 10 nitrogen and oxygen atoms in total. The van der Waals surface area contributed by atoms with Crippen molar-refractivity contribution in [2.45, 2.75) is 20.8 Å². The fraction of sp³-hybridized carbons (Fsp3) is 0.429. The lowest BCUT2D eigenvalue weighted by Crippen LogP contribution is -2.51. The van der Waals surface area contributed by atoms with Crippen molar-refractivity contribution in [1.29, 1.82) is 0 Å². The van der Waals surface area contributed by atoms with Crippen molar-refractivity contribution in [2.24, 2.45) is 5.41 Å². The van der Waals surface area contributed by atoms with E-state index in [1.807, 2.05) is 36.6 Å². The highest BCUT2D eigenvalue weighted by atomic mass is 35.5. The number of carbonyl (C=O) groups is 2. The smallest absolute Gasteiger partial charge is 0.293 e. The first-order valence-electron chi connectivity index (χ1n) is 13.0. The fourth-order valence-corrected chi connectivity index (χ4v) is 4.98. The molecule has 1 N–H and O–H groups in total. The van der Waals surface area contributed by atoms with Crippen molar-refractivity contribution >= 4 is 52.2 Å². The molecule has 0 bridgehead atoms. The third kappa shape index (κ3) is 7.07. The maximum absolute atomic E-state index is 12.6. The van der Waals surface area contributed by atoms with Crippen LogP contribution in [-0.4, -0.2) is 74.1 Å². The Hall–Kier alpha value is -3.63. The Morgan fingerprint density at radius 2 is 1.62 bits per heavy atom. The number of carbonyl (C=O) groups excluding carboxylic acids is 2. The van der Waals surface area contributed by atoms with Gasteiger partial charge in [0.25, 0.3) is 5.69 Å². The summed E-state index contributed by atoms with van der Waals surface area (Å²) in [5.74, 6) is -0.241. The first-order chi connectivity index (χ1) is 18.5. The monoisotopic (exact) mass is 555 g/mol. The number of nitro groups is 1. The highest BCUT2D eigenvalue weighted by Gasteiger charge is 2.30. The topological polar surface area (TPSA) is 108 Å². The molecule has 0 radical (unpaired) electrons. The molecule has 0 unspecified atom stereocenters. The molecule has 2 aromatic carbocycles. The van der Waals surface area contributed by atoms with Crippen molar-refractivity contribution in [3.8, 4) is 0 Å². The van der Waals surface area contributed by atoms with Crippen molar-refractivity contribution in [3.05, 3.63) is 63.2 Å². The summed E-state index contributed by atoms with van der Waals surface area (Å²) in [4.78, 5) is 42.3. The van der Waals surface area contributed by atoms with E-state index in [1.165, 1.54) is 12.1 Å². The summed E-state index contributed by atoms with van der Waals surface area (Å²) < 4.78 is 5.33. The van der Waals surface area contributed by atoms with Gasteiger partial charge in [-0.3, -0.25) is 19.7 Å². The molecule has 2 aliphatic heterocycles. The molecule has 208 valence electrons. The summed E-state index contributed by atoms with van der Waals surface area (Å²) in [7, 11) is 0. The number of nitrogens with zero attached hydrogens (tertiary/aromatic N) is 4. The highest BCUT2D eigenvalue weighted by Crippen LogP contribution is 2.32. The van der Waals surface area contributed by atoms with Crippen LogP contribution in [0.2, 0.25) is 5.02 Å². The Bertz CT molecular complexity index is 1260. The molecule has 0 aliphatic carbocycles. The Morgan fingerprint density at radius 3 is 2.23 bits per heavy atom. The van der Waals surface area contributed by atoms with Gasteiger partial charge in [0.1, 0.15) is 5.69 Å². The third-order valence-electron chi connectivity index (χ3n) is 6.74. The van der Waals surface area contributed by atoms with Crippen LogP contribution in [0.25, 0.3) is 6.08 Å². The molecule has 2 heterocycles. The lowest BCUT2D eigenvalue weighted by Gasteiger charge is -2.39. The van der Waals surface area contributed by atoms with E-state index in [9.17, 15) is 19.7 Å². The Labute approximate surface area is 233 Å². The SMILES string of the molecule is CC(C)(C)C(=O)N1CCN(c2ccc(NC(=O)/C=C/c3ccc(N4CCOCC4)c([N+](=O)[O-])c3)cc2Cl)CC1. The summed E-state index contributed by atoms with van der Waals surface area (Å²) in [6, 6.07) is 10.3. The van der Waals surface area contributed by atoms with Gasteiger partial charge in [0.15, 0.2) is 0 Å². The van der Waals surface area contributed by atoms with Crippen LogP contribution in [0.15, 0.2) is 42.5 Å². The summed E-state index contributed by atoms with van der Waals surface area (Å²) in [5.41, 5.74) is 2.06. The van der Waals surface area contributed by atoms with Crippen LogP contribution in [0.5, 0.6) is 0 Å². The minimum Gasteiger partial charge on any atom is -0.378 e. The first-order valence-corrected chi connectivity index (χ1v) is 13.3. The molecular weight excluding hydrogens is 522 g/mol. The van der Waals surface area contributed by atoms with Crippen LogP contribution in [0.1, 0.15) is 26.3 Å². The molecule has 39 heavy (non-hydrogen) atoms. The number of ether oxygens (including phenoxy) is 1. The van der Waals surface area contributed by atoms with Crippen molar-refractivity contribution in [1.82, 2.24) is 4.90 Å². The number of nitro benzene ring substituents is 1. The van der Waals surface area contributed by atoms with Gasteiger partial charge in [0.2, 0.25) is 11.8 Å². The van der Waals surface area contributed by atoms with Gasteiger partial charge in [0, 0.05) is 62.5 Å². The Balaban J connectivity index is 1.36. The van der Waals surface area contributed by atoms with Crippen LogP contribution in [0.3, 0.4) is 0 Å². The highest BCUT2D eigenvalue weighted by molar-refractivity contribution is 6.33. The van der Waals surface area contributed by atoms with E-state index in [1.54, 1.807) is 30.3 Å². The summed E-state index contributed by atoms with van der Waals surface area (Å²) in [6.45, 7) is 10.6. The molecule has 2 aromatic rings. The van der Waals surface area contributed by atoms with Crippen LogP contribution >= 0.6 is 11.6 Å². The molecule has 2 aliphatic rings. The number of piperazine rings is 1. The summed E-state index contributed by atoms with van der Waals surface area (Å²) in [6.07, 6.45) is 2.88. The van der Waals surface area contributed by atoms with Crippen molar-refractivity contribution in [3.63, 3.8) is 0 Å². The first kappa shape index (κ1) is 28.4. The zero-order valence-electron chi connectivity index (χ0n) is 22.5. The molecule has 0 aromatic heterocycles. The Morgan fingerprint density at radius 1 is 0.974 bits per heavy atom. The second-order valence-electron chi connectivity index (χ2n) is 10.6. The molecule has 0 atom stereocenters. The number of nitrogens with one attached hydrogen (secondary N) is 1. The largest absolute Gasteiger partial charge is 0.378 e. The summed E-state index contributed by atoms with van der Waals surface area (Å²) >= 11 is 6.55. The van der Waals surface area contributed by atoms with Gasteiger partial charge in [-0.2, -0.15) is 0 Å². The third-order valence-corrected chi connectivity index (χ3v) is 7.04. The van der Waals surface area contributed by atoms with Gasteiger partial charge in [-0.15, -0.1) is 0 Å². The quantitative estimate of drug-likeness (QED) is 0.319. The summed E-state index contributed by atoms with van der Waals surface area (Å²) in [5, 5.41) is 15.0. The molecular formula is C28H34ClN5O5. The van der Waals surface area contributed by atoms with E-state index in [4.69, 9.17) is 16.3 Å². The van der Waals surface area contributed by atoms with Crippen LogP contribution in [-0.2, 0) is 14.3 Å². The van der Waals surface area contributed by atoms with E-state index < -0.39 is 10.3 Å². The van der Waals surface area contributed by atoms with Gasteiger partial charge in [-0.1, -0.05) is 38.4 Å². The second kappa shape index (κ2) is 12.0. The van der Waals surface area contributed by atoms with Crippen LogP contribution in [0, 0.1) is 15.5 Å². The van der Waals surface area contributed by atoms with Crippen LogP contribution < -0.4 is 15.1 Å².